The van der Waals surface area contributed by atoms with Gasteiger partial charge in [0.1, 0.15) is 11.4 Å². The molecule has 1 saturated carbocycles. The fourth-order valence-corrected chi connectivity index (χ4v) is 3.30. The molecule has 0 saturated heterocycles. The highest BCUT2D eigenvalue weighted by Crippen LogP contribution is 2.36. The second-order valence-electron chi connectivity index (χ2n) is 6.87. The fraction of sp³-hybridized carbons (Fsp3) is 0.650. The summed E-state index contributed by atoms with van der Waals surface area (Å²) in [6.45, 7) is 7.69. The van der Waals surface area contributed by atoms with Crippen LogP contribution in [-0.2, 0) is 9.53 Å². The van der Waals surface area contributed by atoms with Crippen molar-refractivity contribution >= 4 is 11.6 Å². The van der Waals surface area contributed by atoms with Crippen molar-refractivity contribution < 1.29 is 14.3 Å². The number of hydrogen-bond donors (Lipinski definition) is 1. The summed E-state index contributed by atoms with van der Waals surface area (Å²) in [5.41, 5.74) is 0.118. The summed E-state index contributed by atoms with van der Waals surface area (Å²) in [4.78, 5) is 12.9. The van der Waals surface area contributed by atoms with Crippen molar-refractivity contribution in [2.45, 2.75) is 64.9 Å². The van der Waals surface area contributed by atoms with Crippen LogP contribution in [0.15, 0.2) is 24.3 Å². The minimum absolute atomic E-state index is 0.00951. The smallest absolute Gasteiger partial charge is 0.256 e. The van der Waals surface area contributed by atoms with E-state index in [0.717, 1.165) is 43.5 Å². The highest BCUT2D eigenvalue weighted by atomic mass is 16.5. The lowest BCUT2D eigenvalue weighted by Crippen LogP contribution is -2.48. The van der Waals surface area contributed by atoms with Crippen LogP contribution in [-0.4, -0.2) is 24.7 Å². The van der Waals surface area contributed by atoms with Gasteiger partial charge < -0.3 is 14.8 Å². The molecule has 1 N–H and O–H groups in total. The second-order valence-corrected chi connectivity index (χ2v) is 6.87. The summed E-state index contributed by atoms with van der Waals surface area (Å²) in [5.74, 6) is 1.34. The van der Waals surface area contributed by atoms with E-state index >= 15 is 0 Å². The average molecular weight is 333 g/mol. The van der Waals surface area contributed by atoms with Crippen LogP contribution in [0.3, 0.4) is 0 Å². The minimum Gasteiger partial charge on any atom is -0.494 e. The first-order valence-corrected chi connectivity index (χ1v) is 9.28. The van der Waals surface area contributed by atoms with Crippen molar-refractivity contribution in [3.8, 4) is 5.75 Å². The molecule has 0 radical (unpaired) electrons. The van der Waals surface area contributed by atoms with E-state index in [-0.39, 0.29) is 5.91 Å². The van der Waals surface area contributed by atoms with Crippen LogP contribution in [0.1, 0.15) is 59.3 Å². The topological polar surface area (TPSA) is 47.6 Å². The fourth-order valence-electron chi connectivity index (χ4n) is 3.30. The van der Waals surface area contributed by atoms with Gasteiger partial charge in [0.15, 0.2) is 0 Å². The maximum atomic E-state index is 12.9. The van der Waals surface area contributed by atoms with Crippen molar-refractivity contribution in [2.24, 2.45) is 5.92 Å². The number of hydrogen-bond acceptors (Lipinski definition) is 3. The molecule has 0 bridgehead atoms. The second kappa shape index (κ2) is 9.07. The maximum Gasteiger partial charge on any atom is 0.256 e. The number of carbonyl (C=O) groups is 1. The van der Waals surface area contributed by atoms with E-state index < -0.39 is 5.60 Å². The van der Waals surface area contributed by atoms with E-state index in [1.807, 2.05) is 24.3 Å². The first-order chi connectivity index (χ1) is 11.6. The molecule has 2 rings (SSSR count). The molecule has 1 amide bonds. The Labute approximate surface area is 145 Å². The summed E-state index contributed by atoms with van der Waals surface area (Å²) in [7, 11) is 0. The average Bonchev–Trinajstić information content (AvgIpc) is 2.59. The molecule has 4 nitrogen and oxygen atoms in total. The molecule has 24 heavy (non-hydrogen) atoms. The predicted octanol–water partition coefficient (Wildman–Crippen LogP) is 4.79. The zero-order chi connectivity index (χ0) is 17.4. The molecule has 1 aliphatic rings. The van der Waals surface area contributed by atoms with Gasteiger partial charge >= 0.3 is 0 Å². The van der Waals surface area contributed by atoms with Crippen LogP contribution in [0.4, 0.5) is 5.69 Å². The Balaban J connectivity index is 2.04. The third kappa shape index (κ3) is 4.97. The Morgan fingerprint density at radius 1 is 1.21 bits per heavy atom. The lowest BCUT2D eigenvalue weighted by molar-refractivity contribution is -0.148. The minimum atomic E-state index is -0.676. The summed E-state index contributed by atoms with van der Waals surface area (Å²) >= 11 is 0. The van der Waals surface area contributed by atoms with E-state index in [1.165, 1.54) is 6.42 Å². The summed E-state index contributed by atoms with van der Waals surface area (Å²) < 4.78 is 11.6. The van der Waals surface area contributed by atoms with Crippen molar-refractivity contribution in [3.63, 3.8) is 0 Å². The van der Waals surface area contributed by atoms with Gasteiger partial charge in [-0.2, -0.15) is 0 Å². The van der Waals surface area contributed by atoms with E-state index in [1.54, 1.807) is 0 Å². The predicted molar refractivity (Wildman–Crippen MR) is 97.5 cm³/mol. The van der Waals surface area contributed by atoms with E-state index in [0.29, 0.717) is 19.1 Å². The summed E-state index contributed by atoms with van der Waals surface area (Å²) in [6, 6.07) is 7.58. The normalized spacial score (nSPS) is 23.7. The van der Waals surface area contributed by atoms with Gasteiger partial charge in [-0.15, -0.1) is 0 Å². The quantitative estimate of drug-likeness (QED) is 0.744. The zero-order valence-corrected chi connectivity index (χ0v) is 15.3. The number of benzene rings is 1. The van der Waals surface area contributed by atoms with Crippen molar-refractivity contribution in [1.82, 2.24) is 0 Å². The lowest BCUT2D eigenvalue weighted by Gasteiger charge is -2.38. The third-order valence-electron chi connectivity index (χ3n) is 4.54. The largest absolute Gasteiger partial charge is 0.494 e. The molecule has 2 atom stereocenters. The highest BCUT2D eigenvalue weighted by molar-refractivity contribution is 5.97. The van der Waals surface area contributed by atoms with Crippen molar-refractivity contribution in [1.29, 1.82) is 0 Å². The van der Waals surface area contributed by atoms with Crippen molar-refractivity contribution in [2.75, 3.05) is 18.5 Å². The monoisotopic (exact) mass is 333 g/mol. The van der Waals surface area contributed by atoms with E-state index in [9.17, 15) is 4.79 Å². The van der Waals surface area contributed by atoms with Crippen LogP contribution >= 0.6 is 0 Å². The van der Waals surface area contributed by atoms with Gasteiger partial charge in [0.25, 0.3) is 5.91 Å². The molecule has 1 aliphatic carbocycles. The lowest BCUT2D eigenvalue weighted by atomic mass is 9.78. The zero-order valence-electron chi connectivity index (χ0n) is 15.3. The SMILES string of the molecule is CCCOc1ccc(NC(=O)C2(OCCC)CCCC(C)C2)cc1. The number of ether oxygens (including phenoxy) is 2. The van der Waals surface area contributed by atoms with Gasteiger partial charge in [-0.3, -0.25) is 4.79 Å². The van der Waals surface area contributed by atoms with Gasteiger partial charge in [-0.1, -0.05) is 27.2 Å². The number of rotatable bonds is 8. The summed E-state index contributed by atoms with van der Waals surface area (Å²) in [6.07, 6.45) is 5.73. The number of amides is 1. The third-order valence-corrected chi connectivity index (χ3v) is 4.54. The molecule has 134 valence electrons. The molecular formula is C20H31NO3. The van der Waals surface area contributed by atoms with Crippen LogP contribution in [0, 0.1) is 5.92 Å². The molecule has 0 heterocycles. The molecule has 1 aromatic carbocycles. The van der Waals surface area contributed by atoms with Crippen LogP contribution < -0.4 is 10.1 Å². The van der Waals surface area contributed by atoms with E-state index in [4.69, 9.17) is 9.47 Å². The van der Waals surface area contributed by atoms with E-state index in [2.05, 4.69) is 26.1 Å². The Morgan fingerprint density at radius 3 is 2.54 bits per heavy atom. The summed E-state index contributed by atoms with van der Waals surface area (Å²) in [5, 5.41) is 3.05. The van der Waals surface area contributed by atoms with Gasteiger partial charge in [-0.25, -0.2) is 0 Å². The Hall–Kier alpha value is -1.55. The first-order valence-electron chi connectivity index (χ1n) is 9.28. The molecular weight excluding hydrogens is 302 g/mol. The van der Waals surface area contributed by atoms with Gasteiger partial charge in [0.05, 0.1) is 6.61 Å². The molecule has 0 spiro atoms. The van der Waals surface area contributed by atoms with Gasteiger partial charge in [0, 0.05) is 12.3 Å². The van der Waals surface area contributed by atoms with Crippen LogP contribution in [0.5, 0.6) is 5.75 Å². The molecule has 0 aromatic heterocycles. The van der Waals surface area contributed by atoms with Crippen molar-refractivity contribution in [3.05, 3.63) is 24.3 Å². The van der Waals surface area contributed by atoms with Gasteiger partial charge in [0.2, 0.25) is 0 Å². The number of anilines is 1. The molecule has 0 aliphatic heterocycles. The molecule has 4 heteroatoms. The standard InChI is InChI=1S/C20H31NO3/c1-4-13-23-18-10-8-17(9-11-18)21-19(22)20(24-14-5-2)12-6-7-16(3)15-20/h8-11,16H,4-7,12-15H2,1-3H3,(H,21,22). The van der Waals surface area contributed by atoms with Crippen LogP contribution in [0.2, 0.25) is 0 Å². The Kier molecular flexibility index (Phi) is 7.10. The Bertz CT molecular complexity index is 514. The number of carbonyl (C=O) groups excluding carboxylic acids is 1. The molecule has 2 unspecified atom stereocenters. The van der Waals surface area contributed by atoms with Gasteiger partial charge in [-0.05, 0) is 62.3 Å². The molecule has 1 aromatic rings. The highest BCUT2D eigenvalue weighted by Gasteiger charge is 2.42. The molecule has 1 fully saturated rings. The number of nitrogens with one attached hydrogen (secondary N) is 1. The first kappa shape index (κ1) is 18.8. The Morgan fingerprint density at radius 2 is 1.92 bits per heavy atom. The van der Waals surface area contributed by atoms with Crippen LogP contribution in [0.25, 0.3) is 0 Å². The maximum absolute atomic E-state index is 12.9.